The molecule has 0 amide bonds. The summed E-state index contributed by atoms with van der Waals surface area (Å²) in [7, 11) is 0. The molecule has 3 atom stereocenters. The van der Waals surface area contributed by atoms with Crippen LogP contribution in [0.4, 0.5) is 0 Å². The van der Waals surface area contributed by atoms with Gasteiger partial charge in [0.25, 0.3) is 0 Å². The topological polar surface area (TPSA) is 66.2 Å². The first-order valence-corrected chi connectivity index (χ1v) is 7.88. The fourth-order valence-electron chi connectivity index (χ4n) is 3.45. The van der Waals surface area contributed by atoms with Crippen LogP contribution in [0.1, 0.15) is 31.8 Å². The Kier molecular flexibility index (Phi) is 4.52. The lowest BCUT2D eigenvalue weighted by Gasteiger charge is -2.41. The molecule has 0 bridgehead atoms. The standard InChI is InChI=1S/C16H24N2O4/c1-11-6-18-8-14(20)5-13(18)7-17(11)9-15-3-4-16(22-15)10-21-12(2)19/h3-4,11,13-14,20H,5-10H2,1-2H3/t11-,13?,14+/m0/s1. The van der Waals surface area contributed by atoms with Gasteiger partial charge in [-0.25, -0.2) is 0 Å². The van der Waals surface area contributed by atoms with Crippen LogP contribution < -0.4 is 0 Å². The van der Waals surface area contributed by atoms with Crippen molar-refractivity contribution >= 4 is 5.97 Å². The number of aliphatic hydroxyl groups excluding tert-OH is 1. The quantitative estimate of drug-likeness (QED) is 0.837. The molecule has 1 aromatic heterocycles. The molecule has 0 aliphatic carbocycles. The van der Waals surface area contributed by atoms with E-state index in [9.17, 15) is 9.90 Å². The number of ether oxygens (including phenoxy) is 1. The van der Waals surface area contributed by atoms with Crippen LogP contribution in [0, 0.1) is 0 Å². The van der Waals surface area contributed by atoms with Crippen LogP contribution in [0.3, 0.4) is 0 Å². The SMILES string of the molecule is CC(=O)OCc1ccc(CN2CC3C[C@@H](O)CN3C[C@@H]2C)o1. The first-order valence-electron chi connectivity index (χ1n) is 7.88. The molecule has 6 heteroatoms. The summed E-state index contributed by atoms with van der Waals surface area (Å²) >= 11 is 0. The van der Waals surface area contributed by atoms with Gasteiger partial charge < -0.3 is 14.3 Å². The highest BCUT2D eigenvalue weighted by Gasteiger charge is 2.38. The average molecular weight is 308 g/mol. The molecule has 0 saturated carbocycles. The molecular weight excluding hydrogens is 284 g/mol. The van der Waals surface area contributed by atoms with Crippen LogP contribution in [0.2, 0.25) is 0 Å². The summed E-state index contributed by atoms with van der Waals surface area (Å²) in [4.78, 5) is 15.6. The normalized spacial score (nSPS) is 29.5. The number of hydrogen-bond donors (Lipinski definition) is 1. The minimum Gasteiger partial charge on any atom is -0.461 e. The molecule has 1 aromatic rings. The number of nitrogens with zero attached hydrogens (tertiary/aromatic N) is 2. The molecule has 2 fully saturated rings. The number of esters is 1. The van der Waals surface area contributed by atoms with Crippen molar-refractivity contribution in [1.29, 1.82) is 0 Å². The molecule has 1 unspecified atom stereocenters. The molecule has 0 aromatic carbocycles. The molecule has 0 radical (unpaired) electrons. The maximum atomic E-state index is 10.8. The van der Waals surface area contributed by atoms with Crippen LogP contribution in [-0.4, -0.2) is 58.7 Å². The van der Waals surface area contributed by atoms with Crippen LogP contribution in [0.15, 0.2) is 16.5 Å². The number of aliphatic hydroxyl groups is 1. The Labute approximate surface area is 130 Å². The lowest BCUT2D eigenvalue weighted by Crippen LogP contribution is -2.54. The average Bonchev–Trinajstić information content (AvgIpc) is 3.02. The Hall–Kier alpha value is -1.37. The smallest absolute Gasteiger partial charge is 0.303 e. The van der Waals surface area contributed by atoms with Gasteiger partial charge in [0.2, 0.25) is 0 Å². The molecule has 3 rings (SSSR count). The van der Waals surface area contributed by atoms with Gasteiger partial charge in [-0.3, -0.25) is 14.6 Å². The second kappa shape index (κ2) is 6.40. The first-order chi connectivity index (χ1) is 10.5. The maximum Gasteiger partial charge on any atom is 0.303 e. The molecule has 6 nitrogen and oxygen atoms in total. The Morgan fingerprint density at radius 1 is 1.36 bits per heavy atom. The summed E-state index contributed by atoms with van der Waals surface area (Å²) in [6.07, 6.45) is 0.676. The van der Waals surface area contributed by atoms with E-state index in [1.165, 1.54) is 6.92 Å². The van der Waals surface area contributed by atoms with Crippen molar-refractivity contribution in [2.75, 3.05) is 19.6 Å². The van der Waals surface area contributed by atoms with Crippen LogP contribution in [-0.2, 0) is 22.7 Å². The number of hydrogen-bond acceptors (Lipinski definition) is 6. The Morgan fingerprint density at radius 2 is 2.14 bits per heavy atom. The number of carbonyl (C=O) groups is 1. The third-order valence-electron chi connectivity index (χ3n) is 4.57. The van der Waals surface area contributed by atoms with Gasteiger partial charge in [-0.2, -0.15) is 0 Å². The fraction of sp³-hybridized carbons (Fsp3) is 0.688. The molecule has 122 valence electrons. The number of carbonyl (C=O) groups excluding carboxylic acids is 1. The zero-order valence-electron chi connectivity index (χ0n) is 13.2. The summed E-state index contributed by atoms with van der Waals surface area (Å²) in [5.41, 5.74) is 0. The van der Waals surface area contributed by atoms with Gasteiger partial charge in [0.05, 0.1) is 12.6 Å². The Bertz CT molecular complexity index is 530. The zero-order valence-corrected chi connectivity index (χ0v) is 13.2. The van der Waals surface area contributed by atoms with Crippen LogP contribution in [0.5, 0.6) is 0 Å². The predicted octanol–water partition coefficient (Wildman–Crippen LogP) is 0.982. The molecule has 2 aliphatic rings. The highest BCUT2D eigenvalue weighted by atomic mass is 16.5. The summed E-state index contributed by atoms with van der Waals surface area (Å²) in [6, 6.07) is 4.69. The lowest BCUT2D eigenvalue weighted by atomic mass is 10.1. The second-order valence-electron chi connectivity index (χ2n) is 6.42. The summed E-state index contributed by atoms with van der Waals surface area (Å²) < 4.78 is 10.7. The van der Waals surface area contributed by atoms with E-state index in [1.54, 1.807) is 0 Å². The van der Waals surface area contributed by atoms with Gasteiger partial charge >= 0.3 is 5.97 Å². The van der Waals surface area contributed by atoms with Crippen molar-refractivity contribution in [1.82, 2.24) is 9.80 Å². The van der Waals surface area contributed by atoms with Gasteiger partial charge in [-0.15, -0.1) is 0 Å². The van der Waals surface area contributed by atoms with Gasteiger partial charge in [0.1, 0.15) is 18.1 Å². The lowest BCUT2D eigenvalue weighted by molar-refractivity contribution is -0.142. The monoisotopic (exact) mass is 308 g/mol. The van der Waals surface area contributed by atoms with Gasteiger partial charge in [-0.05, 0) is 25.5 Å². The number of fused-ring (bicyclic) bond motifs is 1. The van der Waals surface area contributed by atoms with E-state index in [1.807, 2.05) is 12.1 Å². The van der Waals surface area contributed by atoms with E-state index in [0.717, 1.165) is 38.4 Å². The third kappa shape index (κ3) is 3.51. The van der Waals surface area contributed by atoms with Crippen molar-refractivity contribution in [3.63, 3.8) is 0 Å². The highest BCUT2D eigenvalue weighted by molar-refractivity contribution is 5.65. The summed E-state index contributed by atoms with van der Waals surface area (Å²) in [5, 5.41) is 9.81. The van der Waals surface area contributed by atoms with E-state index in [2.05, 4.69) is 16.7 Å². The molecule has 0 spiro atoms. The third-order valence-corrected chi connectivity index (χ3v) is 4.57. The fourth-order valence-corrected chi connectivity index (χ4v) is 3.45. The molecule has 2 aliphatic heterocycles. The van der Waals surface area contributed by atoms with Crippen molar-refractivity contribution in [2.45, 2.75) is 51.6 Å². The summed E-state index contributed by atoms with van der Waals surface area (Å²) in [6.45, 7) is 7.29. The molecule has 1 N–H and O–H groups in total. The molecule has 22 heavy (non-hydrogen) atoms. The molecular formula is C16H24N2O4. The molecule has 2 saturated heterocycles. The van der Waals surface area contributed by atoms with E-state index in [0.29, 0.717) is 17.8 Å². The largest absolute Gasteiger partial charge is 0.461 e. The van der Waals surface area contributed by atoms with E-state index in [-0.39, 0.29) is 18.7 Å². The number of rotatable bonds is 4. The van der Waals surface area contributed by atoms with E-state index in [4.69, 9.17) is 9.15 Å². The van der Waals surface area contributed by atoms with Crippen molar-refractivity contribution in [2.24, 2.45) is 0 Å². The second-order valence-corrected chi connectivity index (χ2v) is 6.42. The van der Waals surface area contributed by atoms with Crippen LogP contribution >= 0.6 is 0 Å². The maximum absolute atomic E-state index is 10.8. The first kappa shape index (κ1) is 15.5. The number of piperazine rings is 1. The van der Waals surface area contributed by atoms with E-state index >= 15 is 0 Å². The van der Waals surface area contributed by atoms with Gasteiger partial charge in [0.15, 0.2) is 0 Å². The van der Waals surface area contributed by atoms with E-state index < -0.39 is 0 Å². The van der Waals surface area contributed by atoms with Crippen molar-refractivity contribution in [3.8, 4) is 0 Å². The molecule has 3 heterocycles. The predicted molar refractivity (Wildman–Crippen MR) is 80.0 cm³/mol. The summed E-state index contributed by atoms with van der Waals surface area (Å²) in [5.74, 6) is 1.26. The zero-order chi connectivity index (χ0) is 15.7. The minimum absolute atomic E-state index is 0.184. The van der Waals surface area contributed by atoms with Crippen molar-refractivity contribution in [3.05, 3.63) is 23.7 Å². The number of furan rings is 1. The Balaban J connectivity index is 1.57. The Morgan fingerprint density at radius 3 is 2.91 bits per heavy atom. The minimum atomic E-state index is -0.303. The highest BCUT2D eigenvalue weighted by Crippen LogP contribution is 2.26. The van der Waals surface area contributed by atoms with Gasteiger partial charge in [0, 0.05) is 38.6 Å². The van der Waals surface area contributed by atoms with Crippen LogP contribution in [0.25, 0.3) is 0 Å². The van der Waals surface area contributed by atoms with Gasteiger partial charge in [-0.1, -0.05) is 0 Å². The van der Waals surface area contributed by atoms with Crippen molar-refractivity contribution < 1.29 is 19.1 Å².